The zero-order chi connectivity index (χ0) is 26.2. The molecule has 2 saturated heterocycles. The molecule has 3 N–H and O–H groups in total. The second-order valence-electron chi connectivity index (χ2n) is 8.35. The molecule has 0 saturated carbocycles. The summed E-state index contributed by atoms with van der Waals surface area (Å²) in [4.78, 5) is 36.3. The first-order valence-electron chi connectivity index (χ1n) is 11.8. The summed E-state index contributed by atoms with van der Waals surface area (Å²) in [5.74, 6) is -0.464. The van der Waals surface area contributed by atoms with Crippen LogP contribution < -0.4 is 25.9 Å². The van der Waals surface area contributed by atoms with E-state index in [1.165, 1.54) is 23.1 Å². The van der Waals surface area contributed by atoms with Crippen molar-refractivity contribution >= 4 is 40.9 Å². The van der Waals surface area contributed by atoms with Gasteiger partial charge in [-0.15, -0.1) is 0 Å². The van der Waals surface area contributed by atoms with Crippen LogP contribution in [0, 0.1) is 5.82 Å². The number of methoxy groups -OCH3 is 1. The number of benzene rings is 1. The maximum Gasteiger partial charge on any atom is 0.414 e. The Hall–Kier alpha value is -3.78. The third-order valence-corrected chi connectivity index (χ3v) is 6.23. The number of rotatable bonds is 7. The van der Waals surface area contributed by atoms with Gasteiger partial charge >= 0.3 is 12.1 Å². The molecule has 1 atom stereocenters. The van der Waals surface area contributed by atoms with Gasteiger partial charge in [0.2, 0.25) is 0 Å². The Labute approximate surface area is 219 Å². The van der Waals surface area contributed by atoms with E-state index in [9.17, 15) is 9.59 Å². The molecule has 0 bridgehead atoms. The van der Waals surface area contributed by atoms with Crippen LogP contribution >= 0.6 is 12.2 Å². The van der Waals surface area contributed by atoms with Crippen molar-refractivity contribution < 1.29 is 23.5 Å². The summed E-state index contributed by atoms with van der Waals surface area (Å²) in [5.41, 5.74) is 4.67. The lowest BCUT2D eigenvalue weighted by atomic mass is 10.2. The fourth-order valence-corrected chi connectivity index (χ4v) is 4.11. The minimum Gasteiger partial charge on any atom is -0.474 e. The van der Waals surface area contributed by atoms with Crippen molar-refractivity contribution in [3.05, 3.63) is 48.3 Å². The minimum absolute atomic E-state index is 0.204. The van der Waals surface area contributed by atoms with E-state index < -0.39 is 18.0 Å². The summed E-state index contributed by atoms with van der Waals surface area (Å²) in [7, 11) is 1.45. The lowest BCUT2D eigenvalue weighted by molar-refractivity contribution is 0.142. The largest absolute Gasteiger partial charge is 0.474 e. The SMILES string of the molecule is COC(=S)NCC1CN(c2ccc(N3CCNN(C(=O)NCCc4cnccn4)CC3)c(F)c2)C(=O)O1. The Morgan fingerprint density at radius 2 is 2.16 bits per heavy atom. The van der Waals surface area contributed by atoms with Crippen molar-refractivity contribution in [3.63, 3.8) is 0 Å². The number of hydrogen-bond donors (Lipinski definition) is 3. The molecule has 198 valence electrons. The van der Waals surface area contributed by atoms with Crippen molar-refractivity contribution in [1.82, 2.24) is 31.0 Å². The summed E-state index contributed by atoms with van der Waals surface area (Å²) in [6.45, 7) is 2.71. The van der Waals surface area contributed by atoms with Crippen LogP contribution in [0.2, 0.25) is 0 Å². The van der Waals surface area contributed by atoms with Crippen LogP contribution in [-0.2, 0) is 15.9 Å². The van der Waals surface area contributed by atoms with E-state index in [1.54, 1.807) is 30.7 Å². The number of ether oxygens (including phenoxy) is 2. The topological polar surface area (TPSA) is 124 Å². The highest BCUT2D eigenvalue weighted by atomic mass is 32.1. The van der Waals surface area contributed by atoms with Gasteiger partial charge in [-0.3, -0.25) is 19.9 Å². The molecule has 4 rings (SSSR count). The smallest absolute Gasteiger partial charge is 0.414 e. The van der Waals surface area contributed by atoms with E-state index in [0.29, 0.717) is 57.1 Å². The van der Waals surface area contributed by atoms with Crippen molar-refractivity contribution in [3.8, 4) is 0 Å². The molecule has 3 heterocycles. The van der Waals surface area contributed by atoms with Gasteiger partial charge in [-0.2, -0.15) is 0 Å². The number of hydrazine groups is 1. The van der Waals surface area contributed by atoms with Gasteiger partial charge in [0.15, 0.2) is 0 Å². The third kappa shape index (κ3) is 6.92. The van der Waals surface area contributed by atoms with Crippen LogP contribution in [0.3, 0.4) is 0 Å². The maximum absolute atomic E-state index is 15.1. The van der Waals surface area contributed by atoms with Crippen LogP contribution in [0.15, 0.2) is 36.8 Å². The van der Waals surface area contributed by atoms with E-state index >= 15 is 4.39 Å². The van der Waals surface area contributed by atoms with Crippen LogP contribution in [-0.4, -0.2) is 91.3 Å². The van der Waals surface area contributed by atoms with E-state index in [0.717, 1.165) is 5.69 Å². The fraction of sp³-hybridized carbons (Fsp3) is 0.435. The Kier molecular flexibility index (Phi) is 8.85. The van der Waals surface area contributed by atoms with E-state index in [-0.39, 0.29) is 17.8 Å². The molecule has 0 aliphatic carbocycles. The average molecular weight is 533 g/mol. The number of amides is 3. The van der Waals surface area contributed by atoms with Gasteiger partial charge in [0, 0.05) is 51.2 Å². The number of anilines is 2. The first kappa shape index (κ1) is 26.3. The standard InChI is InChI=1S/C23H29FN8O4S/c1-35-22(37)28-14-18-15-31(23(34)36-18)17-2-3-20(19(24)12-17)30-9-8-29-32(11-10-30)21(33)27-5-4-16-13-25-6-7-26-16/h2-3,6-7,12-13,18,29H,4-5,8-11,14-15H2,1H3,(H,27,33)(H,28,37). The zero-order valence-electron chi connectivity index (χ0n) is 20.4. The van der Waals surface area contributed by atoms with Crippen LogP contribution in [0.5, 0.6) is 0 Å². The lowest BCUT2D eigenvalue weighted by Gasteiger charge is -2.24. The molecular weight excluding hydrogens is 503 g/mol. The molecule has 2 aliphatic heterocycles. The highest BCUT2D eigenvalue weighted by molar-refractivity contribution is 7.80. The minimum atomic E-state index is -0.553. The number of aromatic nitrogens is 2. The van der Waals surface area contributed by atoms with Crippen molar-refractivity contribution in [2.24, 2.45) is 0 Å². The van der Waals surface area contributed by atoms with Gasteiger partial charge in [-0.1, -0.05) is 0 Å². The molecule has 12 nitrogen and oxygen atoms in total. The molecule has 1 aromatic carbocycles. The van der Waals surface area contributed by atoms with E-state index in [1.807, 2.05) is 4.90 Å². The van der Waals surface area contributed by atoms with Crippen LogP contribution in [0.4, 0.5) is 25.4 Å². The van der Waals surface area contributed by atoms with Crippen molar-refractivity contribution in [2.45, 2.75) is 12.5 Å². The van der Waals surface area contributed by atoms with Gasteiger partial charge in [0.1, 0.15) is 11.9 Å². The number of hydrogen-bond acceptors (Lipinski definition) is 9. The molecule has 37 heavy (non-hydrogen) atoms. The molecular formula is C23H29FN8O4S. The number of nitrogens with zero attached hydrogens (tertiary/aromatic N) is 5. The predicted octanol–water partition coefficient (Wildman–Crippen LogP) is 1.04. The Morgan fingerprint density at radius 1 is 1.30 bits per heavy atom. The summed E-state index contributed by atoms with van der Waals surface area (Å²) >= 11 is 4.93. The quantitative estimate of drug-likeness (QED) is 0.446. The predicted molar refractivity (Wildman–Crippen MR) is 138 cm³/mol. The normalized spacial score (nSPS) is 17.7. The molecule has 1 unspecified atom stereocenters. The Balaban J connectivity index is 1.29. The Bertz CT molecular complexity index is 1110. The molecule has 0 spiro atoms. The van der Waals surface area contributed by atoms with Gasteiger partial charge < -0.3 is 25.0 Å². The molecule has 2 aliphatic rings. The number of thiocarbonyl (C=S) groups is 1. The number of carbonyl (C=O) groups excluding carboxylic acids is 2. The highest BCUT2D eigenvalue weighted by Gasteiger charge is 2.33. The third-order valence-electron chi connectivity index (χ3n) is 5.91. The molecule has 2 fully saturated rings. The van der Waals surface area contributed by atoms with E-state index in [4.69, 9.17) is 21.7 Å². The molecule has 14 heteroatoms. The number of halogens is 1. The first-order chi connectivity index (χ1) is 17.9. The van der Waals surface area contributed by atoms with Gasteiger partial charge in [0.25, 0.3) is 5.17 Å². The van der Waals surface area contributed by atoms with Gasteiger partial charge in [0.05, 0.1) is 43.8 Å². The summed E-state index contributed by atoms with van der Waals surface area (Å²) < 4.78 is 25.3. The molecule has 1 aromatic heterocycles. The summed E-state index contributed by atoms with van der Waals surface area (Å²) in [6.07, 6.45) is 4.44. The van der Waals surface area contributed by atoms with Gasteiger partial charge in [-0.05, 0) is 30.4 Å². The molecule has 0 radical (unpaired) electrons. The Morgan fingerprint density at radius 3 is 2.92 bits per heavy atom. The second-order valence-corrected chi connectivity index (χ2v) is 8.72. The fourth-order valence-electron chi connectivity index (χ4n) is 4.03. The second kappa shape index (κ2) is 12.5. The number of urea groups is 1. The van der Waals surface area contributed by atoms with Crippen molar-refractivity contribution in [1.29, 1.82) is 0 Å². The zero-order valence-corrected chi connectivity index (χ0v) is 21.2. The average Bonchev–Trinajstić information content (AvgIpc) is 3.11. The lowest BCUT2D eigenvalue weighted by Crippen LogP contribution is -2.49. The summed E-state index contributed by atoms with van der Waals surface area (Å²) in [5, 5.41) is 7.40. The van der Waals surface area contributed by atoms with Crippen LogP contribution in [0.25, 0.3) is 0 Å². The van der Waals surface area contributed by atoms with Crippen molar-refractivity contribution in [2.75, 3.05) is 62.7 Å². The first-order valence-corrected chi connectivity index (χ1v) is 12.2. The summed E-state index contributed by atoms with van der Waals surface area (Å²) in [6, 6.07) is 4.39. The monoisotopic (exact) mass is 532 g/mol. The molecule has 2 aromatic rings. The van der Waals surface area contributed by atoms with Crippen LogP contribution in [0.1, 0.15) is 5.69 Å². The van der Waals surface area contributed by atoms with E-state index in [2.05, 4.69) is 26.0 Å². The maximum atomic E-state index is 15.1. The number of nitrogens with one attached hydrogen (secondary N) is 3. The number of cyclic esters (lactones) is 1. The molecule has 3 amide bonds. The number of carbonyl (C=O) groups is 2. The van der Waals surface area contributed by atoms with Gasteiger partial charge in [-0.25, -0.2) is 19.4 Å². The highest BCUT2D eigenvalue weighted by Crippen LogP contribution is 2.28.